The van der Waals surface area contributed by atoms with Crippen molar-refractivity contribution in [2.24, 2.45) is 5.92 Å². The van der Waals surface area contributed by atoms with Crippen LogP contribution >= 0.6 is 0 Å². The number of benzene rings is 2. The smallest absolute Gasteiger partial charge is 0.223 e. The molecule has 0 aromatic heterocycles. The van der Waals surface area contributed by atoms with Crippen molar-refractivity contribution in [2.45, 2.75) is 51.0 Å². The zero-order chi connectivity index (χ0) is 20.1. The number of hydrogen-bond donors (Lipinski definition) is 1. The summed E-state index contributed by atoms with van der Waals surface area (Å²) in [5.41, 5.74) is 3.84. The van der Waals surface area contributed by atoms with Crippen LogP contribution in [0.5, 0.6) is 0 Å². The van der Waals surface area contributed by atoms with Gasteiger partial charge in [0.2, 0.25) is 11.8 Å². The van der Waals surface area contributed by atoms with Gasteiger partial charge in [-0.15, -0.1) is 0 Å². The summed E-state index contributed by atoms with van der Waals surface area (Å²) < 4.78 is 0. The third kappa shape index (κ3) is 4.87. The van der Waals surface area contributed by atoms with Crippen molar-refractivity contribution in [1.29, 1.82) is 0 Å². The molecule has 29 heavy (non-hydrogen) atoms. The molecule has 0 spiro atoms. The lowest BCUT2D eigenvalue weighted by Gasteiger charge is -2.33. The van der Waals surface area contributed by atoms with Crippen molar-refractivity contribution >= 4 is 11.8 Å². The number of aryl methyl sites for hydroxylation is 2. The van der Waals surface area contributed by atoms with Gasteiger partial charge < -0.3 is 10.2 Å². The maximum atomic E-state index is 12.8. The van der Waals surface area contributed by atoms with E-state index in [4.69, 9.17) is 0 Å². The van der Waals surface area contributed by atoms with E-state index >= 15 is 0 Å². The van der Waals surface area contributed by atoms with Crippen molar-refractivity contribution < 1.29 is 9.59 Å². The summed E-state index contributed by atoms with van der Waals surface area (Å²) in [6.45, 7) is 1.37. The van der Waals surface area contributed by atoms with E-state index in [1.165, 1.54) is 16.7 Å². The van der Waals surface area contributed by atoms with Crippen LogP contribution in [0.2, 0.25) is 0 Å². The van der Waals surface area contributed by atoms with Gasteiger partial charge in [-0.05, 0) is 55.2 Å². The molecule has 1 saturated heterocycles. The lowest BCUT2D eigenvalue weighted by atomic mass is 9.87. The average molecular weight is 391 g/mol. The van der Waals surface area contributed by atoms with Gasteiger partial charge in [-0.3, -0.25) is 9.59 Å². The molecule has 0 saturated carbocycles. The van der Waals surface area contributed by atoms with Crippen LogP contribution in [0.4, 0.5) is 0 Å². The molecule has 4 heteroatoms. The molecule has 1 fully saturated rings. The van der Waals surface area contributed by atoms with Gasteiger partial charge in [0.15, 0.2) is 0 Å². The molecule has 1 atom stereocenters. The van der Waals surface area contributed by atoms with Crippen LogP contribution in [0.15, 0.2) is 54.6 Å². The highest BCUT2D eigenvalue weighted by Crippen LogP contribution is 2.30. The number of carbonyl (C=O) groups excluding carboxylic acids is 2. The van der Waals surface area contributed by atoms with E-state index in [2.05, 4.69) is 41.7 Å². The lowest BCUT2D eigenvalue weighted by molar-refractivity contribution is -0.135. The molecule has 0 radical (unpaired) electrons. The monoisotopic (exact) mass is 390 g/mol. The average Bonchev–Trinajstić information content (AvgIpc) is 2.78. The Morgan fingerprint density at radius 3 is 2.45 bits per heavy atom. The minimum Gasteiger partial charge on any atom is -0.349 e. The van der Waals surface area contributed by atoms with Gasteiger partial charge in [0, 0.05) is 25.4 Å². The molecule has 1 aliphatic heterocycles. The maximum absolute atomic E-state index is 12.8. The topological polar surface area (TPSA) is 49.4 Å². The number of nitrogens with zero attached hydrogens (tertiary/aromatic N) is 1. The summed E-state index contributed by atoms with van der Waals surface area (Å²) in [6.07, 6.45) is 6.08. The Labute approximate surface area is 173 Å². The molecule has 1 unspecified atom stereocenters. The van der Waals surface area contributed by atoms with Gasteiger partial charge in [0.05, 0.1) is 6.04 Å². The third-order valence-electron chi connectivity index (χ3n) is 6.37. The molecule has 152 valence electrons. The summed E-state index contributed by atoms with van der Waals surface area (Å²) in [7, 11) is 0. The Bertz CT molecular complexity index is 841. The van der Waals surface area contributed by atoms with E-state index in [0.717, 1.165) is 38.5 Å². The van der Waals surface area contributed by atoms with E-state index in [9.17, 15) is 9.59 Å². The first kappa shape index (κ1) is 19.7. The second-order valence-electron chi connectivity index (χ2n) is 8.29. The van der Waals surface area contributed by atoms with Crippen LogP contribution in [0.3, 0.4) is 0 Å². The normalized spacial score (nSPS) is 19.4. The highest BCUT2D eigenvalue weighted by molar-refractivity contribution is 5.80. The second-order valence-corrected chi connectivity index (χ2v) is 8.29. The lowest BCUT2D eigenvalue weighted by Crippen LogP contribution is -2.44. The number of hydrogen-bond acceptors (Lipinski definition) is 2. The van der Waals surface area contributed by atoms with Crippen LogP contribution < -0.4 is 5.32 Å². The van der Waals surface area contributed by atoms with Gasteiger partial charge in [0.25, 0.3) is 0 Å². The Hall–Kier alpha value is -2.62. The maximum Gasteiger partial charge on any atom is 0.223 e. The standard InChI is InChI=1S/C25H30N2O2/c28-24(14-13-19-7-2-1-3-8-19)27-17-15-21(16-18-27)25(29)26-23-12-6-10-20-9-4-5-11-22(20)23/h1-5,7-9,11,21,23H,6,10,12-18H2,(H,26,29). The summed E-state index contributed by atoms with van der Waals surface area (Å²) in [5.74, 6) is 0.374. The van der Waals surface area contributed by atoms with Crippen LogP contribution in [0.25, 0.3) is 0 Å². The van der Waals surface area contributed by atoms with E-state index in [1.54, 1.807) is 0 Å². The van der Waals surface area contributed by atoms with E-state index in [-0.39, 0.29) is 23.8 Å². The molecule has 1 aliphatic carbocycles. The minimum absolute atomic E-state index is 0.0160. The van der Waals surface area contributed by atoms with E-state index < -0.39 is 0 Å². The number of fused-ring (bicyclic) bond motifs is 1. The Balaban J connectivity index is 1.25. The number of carbonyl (C=O) groups is 2. The van der Waals surface area contributed by atoms with Gasteiger partial charge in [0.1, 0.15) is 0 Å². The molecule has 4 nitrogen and oxygen atoms in total. The largest absolute Gasteiger partial charge is 0.349 e. The molecule has 2 aliphatic rings. The first-order valence-electron chi connectivity index (χ1n) is 10.9. The number of likely N-dealkylation sites (tertiary alicyclic amines) is 1. The molecular weight excluding hydrogens is 360 g/mol. The van der Waals surface area contributed by atoms with E-state index in [0.29, 0.717) is 19.5 Å². The fraction of sp³-hybridized carbons (Fsp3) is 0.440. The third-order valence-corrected chi connectivity index (χ3v) is 6.37. The zero-order valence-electron chi connectivity index (χ0n) is 17.0. The summed E-state index contributed by atoms with van der Waals surface area (Å²) in [4.78, 5) is 27.3. The number of amides is 2. The van der Waals surface area contributed by atoms with Crippen LogP contribution in [0, 0.1) is 5.92 Å². The predicted molar refractivity (Wildman–Crippen MR) is 114 cm³/mol. The quantitative estimate of drug-likeness (QED) is 0.837. The Morgan fingerprint density at radius 1 is 0.931 bits per heavy atom. The Kier molecular flexibility index (Phi) is 6.28. The molecule has 1 N–H and O–H groups in total. The molecular formula is C25H30N2O2. The van der Waals surface area contributed by atoms with Crippen molar-refractivity contribution in [3.05, 3.63) is 71.3 Å². The van der Waals surface area contributed by atoms with Crippen LogP contribution in [-0.2, 0) is 22.4 Å². The van der Waals surface area contributed by atoms with Gasteiger partial charge in [-0.1, -0.05) is 54.6 Å². The molecule has 4 rings (SSSR count). The molecule has 2 aromatic rings. The van der Waals surface area contributed by atoms with Gasteiger partial charge in [-0.25, -0.2) is 0 Å². The van der Waals surface area contributed by atoms with E-state index in [1.807, 2.05) is 23.1 Å². The first-order valence-corrected chi connectivity index (χ1v) is 10.9. The summed E-state index contributed by atoms with van der Waals surface area (Å²) in [6, 6.07) is 18.7. The first-order chi connectivity index (χ1) is 14.2. The minimum atomic E-state index is 0.0160. The van der Waals surface area contributed by atoms with Gasteiger partial charge in [-0.2, -0.15) is 0 Å². The number of piperidine rings is 1. The fourth-order valence-corrected chi connectivity index (χ4v) is 4.64. The SMILES string of the molecule is O=C(NC1CCCc2ccccc21)C1CCN(C(=O)CCc2ccccc2)CC1. The van der Waals surface area contributed by atoms with Crippen molar-refractivity contribution in [3.8, 4) is 0 Å². The van der Waals surface area contributed by atoms with Crippen molar-refractivity contribution in [2.75, 3.05) is 13.1 Å². The van der Waals surface area contributed by atoms with Crippen molar-refractivity contribution in [1.82, 2.24) is 10.2 Å². The molecule has 1 heterocycles. The molecule has 0 bridgehead atoms. The summed E-state index contributed by atoms with van der Waals surface area (Å²) in [5, 5.41) is 3.29. The predicted octanol–water partition coefficient (Wildman–Crippen LogP) is 4.05. The highest BCUT2D eigenvalue weighted by Gasteiger charge is 2.29. The molecule has 2 aromatic carbocycles. The number of rotatable bonds is 5. The Morgan fingerprint density at radius 2 is 1.66 bits per heavy atom. The number of nitrogens with one attached hydrogen (secondary N) is 1. The van der Waals surface area contributed by atoms with Crippen LogP contribution in [0.1, 0.15) is 54.8 Å². The van der Waals surface area contributed by atoms with Crippen molar-refractivity contribution in [3.63, 3.8) is 0 Å². The fourth-order valence-electron chi connectivity index (χ4n) is 4.64. The highest BCUT2D eigenvalue weighted by atomic mass is 16.2. The molecule has 2 amide bonds. The van der Waals surface area contributed by atoms with Crippen LogP contribution in [-0.4, -0.2) is 29.8 Å². The zero-order valence-corrected chi connectivity index (χ0v) is 17.0. The summed E-state index contributed by atoms with van der Waals surface area (Å²) >= 11 is 0. The second kappa shape index (κ2) is 9.25. The van der Waals surface area contributed by atoms with Gasteiger partial charge >= 0.3 is 0 Å².